The van der Waals surface area contributed by atoms with Crippen molar-refractivity contribution >= 4 is 39.8 Å². The monoisotopic (exact) mass is 335 g/mol. The highest BCUT2D eigenvalue weighted by atomic mass is 127. The Balaban J connectivity index is 2.13. The predicted molar refractivity (Wildman–Crippen MR) is 71.4 cm³/mol. The van der Waals surface area contributed by atoms with Gasteiger partial charge in [-0.15, -0.1) is 11.3 Å². The van der Waals surface area contributed by atoms with Crippen LogP contribution in [-0.2, 0) is 0 Å². The van der Waals surface area contributed by atoms with Gasteiger partial charge in [0.05, 0.1) is 8.45 Å². The fraction of sp³-hybridized carbons (Fsp3) is 0.545. The van der Waals surface area contributed by atoms with E-state index in [2.05, 4.69) is 29.5 Å². The molecule has 1 fully saturated rings. The van der Waals surface area contributed by atoms with Crippen molar-refractivity contribution in [3.05, 3.63) is 19.9 Å². The second kappa shape index (κ2) is 4.82. The zero-order valence-electron chi connectivity index (χ0n) is 8.70. The summed E-state index contributed by atoms with van der Waals surface area (Å²) >= 11 is 3.90. The number of carbonyl (C=O) groups excluding carboxylic acids is 1. The molecule has 2 rings (SSSR count). The molecule has 1 amide bonds. The highest BCUT2D eigenvalue weighted by Crippen LogP contribution is 2.24. The van der Waals surface area contributed by atoms with E-state index in [0.717, 1.165) is 24.9 Å². The number of halogens is 1. The molecule has 1 aliphatic heterocycles. The number of amides is 1. The van der Waals surface area contributed by atoms with Crippen LogP contribution in [0, 0.1) is 2.88 Å². The molecular weight excluding hydrogens is 321 g/mol. The summed E-state index contributed by atoms with van der Waals surface area (Å²) in [5.74, 6) is 0.221. The average molecular weight is 335 g/mol. The fourth-order valence-corrected chi connectivity index (χ4v) is 3.44. The Morgan fingerprint density at radius 1 is 1.73 bits per heavy atom. The molecule has 0 spiro atoms. The van der Waals surface area contributed by atoms with Crippen LogP contribution < -0.4 is 0 Å². The normalized spacial score (nSPS) is 20.9. The molecule has 15 heavy (non-hydrogen) atoms. The lowest BCUT2D eigenvalue weighted by atomic mass is 10.1. The molecular formula is C11H14INOS. The molecule has 82 valence electrons. The molecule has 0 aliphatic carbocycles. The molecule has 0 saturated carbocycles. The van der Waals surface area contributed by atoms with Gasteiger partial charge in [0.1, 0.15) is 0 Å². The van der Waals surface area contributed by atoms with Gasteiger partial charge in [-0.25, -0.2) is 0 Å². The summed E-state index contributed by atoms with van der Waals surface area (Å²) in [5.41, 5.74) is 0.866. The predicted octanol–water partition coefficient (Wildman–Crippen LogP) is 3.37. The van der Waals surface area contributed by atoms with Crippen molar-refractivity contribution in [3.63, 3.8) is 0 Å². The van der Waals surface area contributed by atoms with E-state index in [1.807, 2.05) is 16.3 Å². The van der Waals surface area contributed by atoms with Crippen LogP contribution in [0.2, 0.25) is 0 Å². The van der Waals surface area contributed by atoms with Gasteiger partial charge in [-0.05, 0) is 47.9 Å². The van der Waals surface area contributed by atoms with Gasteiger partial charge in [0.25, 0.3) is 5.91 Å². The third kappa shape index (κ3) is 2.36. The minimum atomic E-state index is 0.221. The molecule has 1 atom stereocenters. The quantitative estimate of drug-likeness (QED) is 0.759. The summed E-state index contributed by atoms with van der Waals surface area (Å²) in [6.07, 6.45) is 3.40. The SMILES string of the molecule is CCC1CCCN1C(=O)c1csc(I)c1. The number of nitrogens with zero attached hydrogens (tertiary/aromatic N) is 1. The van der Waals surface area contributed by atoms with Crippen molar-refractivity contribution in [2.75, 3.05) is 6.54 Å². The molecule has 0 N–H and O–H groups in total. The van der Waals surface area contributed by atoms with Gasteiger partial charge in [-0.1, -0.05) is 6.92 Å². The van der Waals surface area contributed by atoms with Gasteiger partial charge in [0.15, 0.2) is 0 Å². The molecule has 2 nitrogen and oxygen atoms in total. The topological polar surface area (TPSA) is 20.3 Å². The minimum Gasteiger partial charge on any atom is -0.336 e. The van der Waals surface area contributed by atoms with Crippen LogP contribution >= 0.6 is 33.9 Å². The fourth-order valence-electron chi connectivity index (χ4n) is 2.12. The number of carbonyl (C=O) groups is 1. The summed E-state index contributed by atoms with van der Waals surface area (Å²) in [7, 11) is 0. The van der Waals surface area contributed by atoms with Crippen molar-refractivity contribution < 1.29 is 4.79 Å². The summed E-state index contributed by atoms with van der Waals surface area (Å²) in [6, 6.07) is 2.45. The molecule has 1 saturated heterocycles. The lowest BCUT2D eigenvalue weighted by molar-refractivity contribution is 0.0734. The highest BCUT2D eigenvalue weighted by molar-refractivity contribution is 14.1. The van der Waals surface area contributed by atoms with Crippen molar-refractivity contribution in [2.45, 2.75) is 32.2 Å². The molecule has 0 bridgehead atoms. The largest absolute Gasteiger partial charge is 0.336 e. The van der Waals surface area contributed by atoms with Gasteiger partial charge < -0.3 is 4.90 Å². The molecule has 1 aromatic heterocycles. The van der Waals surface area contributed by atoms with E-state index in [0.29, 0.717) is 6.04 Å². The average Bonchev–Trinajstić information content (AvgIpc) is 2.84. The Labute approximate surface area is 108 Å². The Morgan fingerprint density at radius 3 is 3.13 bits per heavy atom. The second-order valence-corrected chi connectivity index (χ2v) is 6.65. The molecule has 0 aromatic carbocycles. The number of hydrogen-bond donors (Lipinski definition) is 0. The first-order valence-electron chi connectivity index (χ1n) is 5.27. The Bertz CT molecular complexity index is 363. The number of hydrogen-bond acceptors (Lipinski definition) is 2. The maximum atomic E-state index is 12.2. The van der Waals surface area contributed by atoms with Crippen molar-refractivity contribution in [1.82, 2.24) is 4.90 Å². The third-order valence-electron chi connectivity index (χ3n) is 2.92. The molecule has 0 radical (unpaired) electrons. The van der Waals surface area contributed by atoms with Crippen LogP contribution in [0.4, 0.5) is 0 Å². The van der Waals surface area contributed by atoms with Gasteiger partial charge in [-0.2, -0.15) is 0 Å². The van der Waals surface area contributed by atoms with Crippen LogP contribution in [0.5, 0.6) is 0 Å². The summed E-state index contributed by atoms with van der Waals surface area (Å²) in [4.78, 5) is 14.2. The molecule has 1 aliphatic rings. The Morgan fingerprint density at radius 2 is 2.53 bits per heavy atom. The summed E-state index contributed by atoms with van der Waals surface area (Å²) < 4.78 is 1.18. The van der Waals surface area contributed by atoms with Gasteiger partial charge >= 0.3 is 0 Å². The lowest BCUT2D eigenvalue weighted by Crippen LogP contribution is -2.34. The molecule has 4 heteroatoms. The van der Waals surface area contributed by atoms with E-state index in [9.17, 15) is 4.79 Å². The Hall–Kier alpha value is -0.100. The maximum Gasteiger partial charge on any atom is 0.254 e. The van der Waals surface area contributed by atoms with Gasteiger partial charge in [0, 0.05) is 18.0 Å². The van der Waals surface area contributed by atoms with Gasteiger partial charge in [-0.3, -0.25) is 4.79 Å². The standard InChI is InChI=1S/C11H14INOS/c1-2-9-4-3-5-13(9)11(14)8-6-10(12)15-7-8/h6-7,9H,2-5H2,1H3. The van der Waals surface area contributed by atoms with E-state index in [1.165, 1.54) is 9.30 Å². The van der Waals surface area contributed by atoms with Crippen molar-refractivity contribution in [2.24, 2.45) is 0 Å². The van der Waals surface area contributed by atoms with Crippen LogP contribution in [-0.4, -0.2) is 23.4 Å². The first-order valence-corrected chi connectivity index (χ1v) is 7.23. The Kier molecular flexibility index (Phi) is 3.66. The maximum absolute atomic E-state index is 12.2. The van der Waals surface area contributed by atoms with Crippen LogP contribution in [0.1, 0.15) is 36.5 Å². The van der Waals surface area contributed by atoms with E-state index >= 15 is 0 Å². The van der Waals surface area contributed by atoms with E-state index in [-0.39, 0.29) is 5.91 Å². The first-order chi connectivity index (χ1) is 7.22. The van der Waals surface area contributed by atoms with Crippen LogP contribution in [0.15, 0.2) is 11.4 Å². The first kappa shape index (κ1) is 11.4. The van der Waals surface area contributed by atoms with Crippen molar-refractivity contribution in [1.29, 1.82) is 0 Å². The van der Waals surface area contributed by atoms with Crippen molar-refractivity contribution in [3.8, 4) is 0 Å². The molecule has 1 aromatic rings. The highest BCUT2D eigenvalue weighted by Gasteiger charge is 2.28. The summed E-state index contributed by atoms with van der Waals surface area (Å²) in [5, 5.41) is 1.97. The number of likely N-dealkylation sites (tertiary alicyclic amines) is 1. The van der Waals surface area contributed by atoms with Crippen LogP contribution in [0.25, 0.3) is 0 Å². The minimum absolute atomic E-state index is 0.221. The van der Waals surface area contributed by atoms with E-state index < -0.39 is 0 Å². The van der Waals surface area contributed by atoms with E-state index in [4.69, 9.17) is 0 Å². The van der Waals surface area contributed by atoms with E-state index in [1.54, 1.807) is 11.3 Å². The number of rotatable bonds is 2. The summed E-state index contributed by atoms with van der Waals surface area (Å²) in [6.45, 7) is 3.09. The number of thiophene rings is 1. The zero-order valence-corrected chi connectivity index (χ0v) is 11.7. The van der Waals surface area contributed by atoms with Crippen LogP contribution in [0.3, 0.4) is 0 Å². The second-order valence-electron chi connectivity index (χ2n) is 3.84. The third-order valence-corrected chi connectivity index (χ3v) is 4.71. The molecule has 2 heterocycles. The van der Waals surface area contributed by atoms with Gasteiger partial charge in [0.2, 0.25) is 0 Å². The molecule has 1 unspecified atom stereocenters. The smallest absolute Gasteiger partial charge is 0.254 e. The lowest BCUT2D eigenvalue weighted by Gasteiger charge is -2.23. The zero-order chi connectivity index (χ0) is 10.8.